The lowest BCUT2D eigenvalue weighted by Crippen LogP contribution is -2.45. The van der Waals surface area contributed by atoms with E-state index in [1.165, 1.54) is 167 Å². The number of hydrogen-bond donors (Lipinski definition) is 4. The van der Waals surface area contributed by atoms with Gasteiger partial charge >= 0.3 is 0 Å². The van der Waals surface area contributed by atoms with Crippen LogP contribution in [0.2, 0.25) is 0 Å². The summed E-state index contributed by atoms with van der Waals surface area (Å²) < 4.78 is 0. The molecule has 0 saturated heterocycles. The summed E-state index contributed by atoms with van der Waals surface area (Å²) >= 11 is 0. The SMILES string of the molecule is CCCCCCC/C=C/CC/C=C/CC/C=C/C(O)C(CO)NC(=O)CC(O)CCCCCCCCCCCCC/C=C\C/C=C\CCCCCCCCCCC. The number of aliphatic hydroxyl groups is 3. The molecule has 0 saturated carbocycles. The molecule has 0 aromatic carbocycles. The van der Waals surface area contributed by atoms with Crippen LogP contribution in [-0.4, -0.2) is 46.1 Å². The quantitative estimate of drug-likeness (QED) is 0.0365. The van der Waals surface area contributed by atoms with Gasteiger partial charge in [-0.05, 0) is 77.0 Å². The second-order valence-electron chi connectivity index (χ2n) is 16.7. The van der Waals surface area contributed by atoms with E-state index in [2.05, 4.69) is 67.8 Å². The highest BCUT2D eigenvalue weighted by molar-refractivity contribution is 5.76. The molecule has 5 nitrogen and oxygen atoms in total. The number of hydrogen-bond acceptors (Lipinski definition) is 4. The van der Waals surface area contributed by atoms with Crippen molar-refractivity contribution in [2.75, 3.05) is 6.61 Å². The Labute approximate surface area is 354 Å². The fourth-order valence-electron chi connectivity index (χ4n) is 7.23. The van der Waals surface area contributed by atoms with Gasteiger partial charge in [0.05, 0.1) is 31.3 Å². The Hall–Kier alpha value is -1.95. The van der Waals surface area contributed by atoms with Crippen molar-refractivity contribution in [2.24, 2.45) is 0 Å². The Morgan fingerprint density at radius 3 is 1.23 bits per heavy atom. The van der Waals surface area contributed by atoms with E-state index in [0.717, 1.165) is 44.9 Å². The Kier molecular flexibility index (Phi) is 45.1. The summed E-state index contributed by atoms with van der Waals surface area (Å²) in [7, 11) is 0. The van der Waals surface area contributed by atoms with E-state index in [0.29, 0.717) is 6.42 Å². The summed E-state index contributed by atoms with van der Waals surface area (Å²) in [5.41, 5.74) is 0. The van der Waals surface area contributed by atoms with Crippen LogP contribution in [0, 0.1) is 0 Å². The Bertz CT molecular complexity index is 969. The van der Waals surface area contributed by atoms with Crippen LogP contribution in [0.1, 0.15) is 239 Å². The van der Waals surface area contributed by atoms with Crippen LogP contribution in [0.15, 0.2) is 60.8 Å². The molecule has 0 aromatic heterocycles. The van der Waals surface area contributed by atoms with E-state index in [1.54, 1.807) is 6.08 Å². The van der Waals surface area contributed by atoms with Crippen molar-refractivity contribution in [3.63, 3.8) is 0 Å². The summed E-state index contributed by atoms with van der Waals surface area (Å²) in [5.74, 6) is -0.332. The van der Waals surface area contributed by atoms with Crippen LogP contribution in [-0.2, 0) is 4.79 Å². The normalized spacial score (nSPS) is 14.0. The highest BCUT2D eigenvalue weighted by Crippen LogP contribution is 2.15. The third-order valence-corrected chi connectivity index (χ3v) is 11.0. The van der Waals surface area contributed by atoms with E-state index < -0.39 is 18.2 Å². The Morgan fingerprint density at radius 1 is 0.456 bits per heavy atom. The zero-order valence-electron chi connectivity index (χ0n) is 37.7. The second kappa shape index (κ2) is 46.7. The zero-order chi connectivity index (χ0) is 41.5. The molecule has 0 spiro atoms. The van der Waals surface area contributed by atoms with Crippen LogP contribution < -0.4 is 5.32 Å². The number of unbranched alkanes of at least 4 members (excludes halogenated alkanes) is 27. The van der Waals surface area contributed by atoms with Crippen LogP contribution in [0.25, 0.3) is 0 Å². The molecule has 0 bridgehead atoms. The number of carbonyl (C=O) groups excluding carboxylic acids is 1. The number of carbonyl (C=O) groups is 1. The smallest absolute Gasteiger partial charge is 0.222 e. The van der Waals surface area contributed by atoms with E-state index in [1.807, 2.05) is 6.08 Å². The first kappa shape index (κ1) is 55.0. The number of nitrogens with one attached hydrogen (secondary N) is 1. The molecule has 332 valence electrons. The van der Waals surface area contributed by atoms with E-state index in [9.17, 15) is 20.1 Å². The zero-order valence-corrected chi connectivity index (χ0v) is 37.7. The fourth-order valence-corrected chi connectivity index (χ4v) is 7.23. The minimum absolute atomic E-state index is 0.00101. The standard InChI is InChI=1S/C52H95NO4/c1-3-5-7-9-11-13-15-17-19-20-21-22-23-24-25-26-27-28-29-30-32-33-35-37-39-41-43-45-49(55)47-52(57)53-50(48-54)51(56)46-44-42-40-38-36-34-31-18-16-14-12-10-8-6-4-2/h16,18,21-22,24-25,36,38,44,46,49-51,54-56H,3-15,17,19-20,23,26-35,37,39-43,45,47-48H2,1-2H3,(H,53,57)/b18-16+,22-21-,25-24-,38-36+,46-44+. The summed E-state index contributed by atoms with van der Waals surface area (Å²) in [6.45, 7) is 4.18. The van der Waals surface area contributed by atoms with Gasteiger partial charge in [0.2, 0.25) is 5.91 Å². The number of aliphatic hydroxyl groups excluding tert-OH is 3. The van der Waals surface area contributed by atoms with Crippen LogP contribution in [0.3, 0.4) is 0 Å². The van der Waals surface area contributed by atoms with E-state index >= 15 is 0 Å². The first-order chi connectivity index (χ1) is 28.0. The summed E-state index contributed by atoms with van der Waals surface area (Å²) in [6.07, 6.45) is 62.4. The molecule has 5 heteroatoms. The van der Waals surface area contributed by atoms with Crippen molar-refractivity contribution < 1.29 is 20.1 Å². The van der Waals surface area contributed by atoms with Crippen molar-refractivity contribution in [3.05, 3.63) is 60.8 Å². The van der Waals surface area contributed by atoms with Gasteiger partial charge in [0, 0.05) is 0 Å². The van der Waals surface area contributed by atoms with Crippen molar-refractivity contribution >= 4 is 5.91 Å². The van der Waals surface area contributed by atoms with Gasteiger partial charge in [-0.15, -0.1) is 0 Å². The van der Waals surface area contributed by atoms with Crippen molar-refractivity contribution in [2.45, 2.75) is 257 Å². The molecule has 1 amide bonds. The molecular weight excluding hydrogens is 703 g/mol. The van der Waals surface area contributed by atoms with Crippen molar-refractivity contribution in [1.29, 1.82) is 0 Å². The van der Waals surface area contributed by atoms with Gasteiger partial charge in [-0.1, -0.05) is 216 Å². The van der Waals surface area contributed by atoms with Gasteiger partial charge in [0.1, 0.15) is 0 Å². The summed E-state index contributed by atoms with van der Waals surface area (Å²) in [6, 6.07) is -0.770. The molecule has 0 aromatic rings. The minimum Gasteiger partial charge on any atom is -0.394 e. The molecule has 0 rings (SSSR count). The highest BCUT2D eigenvalue weighted by atomic mass is 16.3. The monoisotopic (exact) mass is 798 g/mol. The fraction of sp³-hybridized carbons (Fsp3) is 0.788. The van der Waals surface area contributed by atoms with Crippen LogP contribution in [0.5, 0.6) is 0 Å². The molecule has 3 atom stereocenters. The van der Waals surface area contributed by atoms with Gasteiger partial charge < -0.3 is 20.6 Å². The molecule has 0 radical (unpaired) electrons. The minimum atomic E-state index is -0.962. The van der Waals surface area contributed by atoms with Gasteiger partial charge in [0.15, 0.2) is 0 Å². The van der Waals surface area contributed by atoms with Crippen molar-refractivity contribution in [1.82, 2.24) is 5.32 Å². The maximum Gasteiger partial charge on any atom is 0.222 e. The third kappa shape index (κ3) is 43.5. The average Bonchev–Trinajstić information content (AvgIpc) is 3.20. The molecule has 0 aliphatic carbocycles. The predicted molar refractivity (Wildman–Crippen MR) is 250 cm³/mol. The van der Waals surface area contributed by atoms with Gasteiger partial charge in [-0.2, -0.15) is 0 Å². The van der Waals surface area contributed by atoms with Crippen LogP contribution in [0.4, 0.5) is 0 Å². The molecule has 4 N–H and O–H groups in total. The maximum absolute atomic E-state index is 12.5. The topological polar surface area (TPSA) is 89.8 Å². The lowest BCUT2D eigenvalue weighted by molar-refractivity contribution is -0.124. The molecule has 57 heavy (non-hydrogen) atoms. The van der Waals surface area contributed by atoms with Crippen molar-refractivity contribution in [3.8, 4) is 0 Å². The maximum atomic E-state index is 12.5. The highest BCUT2D eigenvalue weighted by Gasteiger charge is 2.20. The molecule has 0 fully saturated rings. The second-order valence-corrected chi connectivity index (χ2v) is 16.7. The van der Waals surface area contributed by atoms with E-state index in [4.69, 9.17) is 0 Å². The molecular formula is C52H95NO4. The first-order valence-corrected chi connectivity index (χ1v) is 24.6. The molecule has 0 heterocycles. The Morgan fingerprint density at radius 2 is 0.807 bits per heavy atom. The lowest BCUT2D eigenvalue weighted by atomic mass is 10.0. The average molecular weight is 798 g/mol. The third-order valence-electron chi connectivity index (χ3n) is 11.0. The Balaban J connectivity index is 3.65. The van der Waals surface area contributed by atoms with E-state index in [-0.39, 0.29) is 18.9 Å². The van der Waals surface area contributed by atoms with Gasteiger partial charge in [-0.25, -0.2) is 0 Å². The molecule has 0 aliphatic rings. The van der Waals surface area contributed by atoms with Gasteiger partial charge in [0.25, 0.3) is 0 Å². The first-order valence-electron chi connectivity index (χ1n) is 24.6. The number of allylic oxidation sites excluding steroid dienone is 9. The number of amides is 1. The van der Waals surface area contributed by atoms with Gasteiger partial charge in [-0.3, -0.25) is 4.79 Å². The largest absolute Gasteiger partial charge is 0.394 e. The predicted octanol–water partition coefficient (Wildman–Crippen LogP) is 14.7. The summed E-state index contributed by atoms with van der Waals surface area (Å²) in [4.78, 5) is 12.5. The molecule has 0 aliphatic heterocycles. The number of rotatable bonds is 44. The lowest BCUT2D eigenvalue weighted by Gasteiger charge is -2.21. The molecule has 3 unspecified atom stereocenters. The van der Waals surface area contributed by atoms with Crippen LogP contribution >= 0.6 is 0 Å². The summed E-state index contributed by atoms with van der Waals surface area (Å²) in [5, 5.41) is 33.2.